The fourth-order valence-electron chi connectivity index (χ4n) is 3.65. The van der Waals surface area contributed by atoms with Crippen molar-refractivity contribution in [2.75, 3.05) is 33.1 Å². The summed E-state index contributed by atoms with van der Waals surface area (Å²) in [7, 11) is 7.17. The molecule has 0 unspecified atom stereocenters. The Morgan fingerprint density at radius 2 is 2.06 bits per heavy atom. The number of nitro groups is 1. The zero-order chi connectivity index (χ0) is 25.1. The highest BCUT2D eigenvalue weighted by atomic mass is 35.5. The molecule has 0 spiro atoms. The van der Waals surface area contributed by atoms with Crippen molar-refractivity contribution in [1.29, 1.82) is 0 Å². The predicted molar refractivity (Wildman–Crippen MR) is 137 cm³/mol. The van der Waals surface area contributed by atoms with E-state index in [-0.39, 0.29) is 17.2 Å². The van der Waals surface area contributed by atoms with Crippen LogP contribution in [-0.2, 0) is 7.05 Å². The normalized spacial score (nSPS) is 10.8. The lowest BCUT2D eigenvalue weighted by atomic mass is 10.1. The molecule has 4 aromatic rings. The highest BCUT2D eigenvalue weighted by Gasteiger charge is 2.20. The first-order valence-corrected chi connectivity index (χ1v) is 11.0. The van der Waals surface area contributed by atoms with Gasteiger partial charge in [0.25, 0.3) is 5.69 Å². The maximum atomic E-state index is 11.7. The van der Waals surface area contributed by atoms with Crippen LogP contribution < -0.4 is 10.1 Å². The lowest BCUT2D eigenvalue weighted by Gasteiger charge is -2.12. The number of aryl methyl sites for hydroxylation is 1. The zero-order valence-electron chi connectivity index (χ0n) is 19.7. The molecular weight excluding hydrogens is 468 g/mol. The van der Waals surface area contributed by atoms with Crippen LogP contribution >= 0.6 is 11.6 Å². The van der Waals surface area contributed by atoms with Crippen molar-refractivity contribution >= 4 is 39.8 Å². The van der Waals surface area contributed by atoms with E-state index in [1.807, 2.05) is 61.1 Å². The smallest absolute Gasteiger partial charge is 0.287 e. The number of methoxy groups -OCH3 is 1. The molecule has 0 amide bonds. The number of ether oxygens (including phenoxy) is 1. The topological polar surface area (TPSA) is 98.4 Å². The fraction of sp³-hybridized carbons (Fsp3) is 0.200. The number of halogens is 1. The maximum Gasteiger partial charge on any atom is 0.287 e. The van der Waals surface area contributed by atoms with E-state index in [2.05, 4.69) is 27.1 Å². The summed E-state index contributed by atoms with van der Waals surface area (Å²) in [5.41, 5.74) is 2.87. The van der Waals surface area contributed by atoms with Gasteiger partial charge in [-0.15, -0.1) is 0 Å². The molecule has 0 bridgehead atoms. The van der Waals surface area contributed by atoms with Crippen LogP contribution in [0.2, 0.25) is 5.02 Å². The van der Waals surface area contributed by atoms with Crippen LogP contribution in [0, 0.1) is 22.0 Å². The van der Waals surface area contributed by atoms with E-state index in [4.69, 9.17) is 16.3 Å². The lowest BCUT2D eigenvalue weighted by molar-refractivity contribution is -0.385. The standard InChI is InChI=1S/C25H23ClN6O3/c1-30(2)11-7-8-16-12-23(35-4)20(13-22(16)32(33)34)28-25-27-14-19(26)24(29-25)18-15-31(3)21-10-6-5-9-17(18)21/h5-6,9-10,12-15H,11H2,1-4H3,(H,27,28,29). The quantitative estimate of drug-likeness (QED) is 0.234. The summed E-state index contributed by atoms with van der Waals surface area (Å²) < 4.78 is 7.47. The highest BCUT2D eigenvalue weighted by molar-refractivity contribution is 6.33. The fourth-order valence-corrected chi connectivity index (χ4v) is 3.84. The predicted octanol–water partition coefficient (Wildman–Crippen LogP) is 4.86. The molecule has 0 radical (unpaired) electrons. The largest absolute Gasteiger partial charge is 0.495 e. The van der Waals surface area contributed by atoms with Gasteiger partial charge in [-0.05, 0) is 20.2 Å². The highest BCUT2D eigenvalue weighted by Crippen LogP contribution is 2.36. The summed E-state index contributed by atoms with van der Waals surface area (Å²) in [5.74, 6) is 6.37. The molecule has 0 atom stereocenters. The lowest BCUT2D eigenvalue weighted by Crippen LogP contribution is -2.10. The third-order valence-corrected chi connectivity index (χ3v) is 5.55. The minimum absolute atomic E-state index is 0.150. The van der Waals surface area contributed by atoms with E-state index < -0.39 is 4.92 Å². The first-order chi connectivity index (χ1) is 16.8. The number of para-hydroxylation sites is 1. The molecule has 9 nitrogen and oxygen atoms in total. The van der Waals surface area contributed by atoms with Crippen molar-refractivity contribution in [1.82, 2.24) is 19.4 Å². The Bertz CT molecular complexity index is 1490. The van der Waals surface area contributed by atoms with Crippen LogP contribution in [0.25, 0.3) is 22.2 Å². The molecule has 178 valence electrons. The minimum Gasteiger partial charge on any atom is -0.495 e. The summed E-state index contributed by atoms with van der Waals surface area (Å²) in [5, 5.41) is 16.2. The number of nitrogens with one attached hydrogen (secondary N) is 1. The molecule has 2 heterocycles. The maximum absolute atomic E-state index is 11.7. The number of fused-ring (bicyclic) bond motifs is 1. The van der Waals surface area contributed by atoms with Gasteiger partial charge < -0.3 is 14.6 Å². The second-order valence-electron chi connectivity index (χ2n) is 8.05. The van der Waals surface area contributed by atoms with E-state index in [0.717, 1.165) is 16.5 Å². The van der Waals surface area contributed by atoms with Crippen LogP contribution in [0.15, 0.2) is 48.8 Å². The molecular formula is C25H23ClN6O3. The van der Waals surface area contributed by atoms with Gasteiger partial charge >= 0.3 is 0 Å². The number of hydrogen-bond acceptors (Lipinski definition) is 7. The van der Waals surface area contributed by atoms with Gasteiger partial charge in [-0.2, -0.15) is 0 Å². The molecule has 0 aliphatic rings. The first kappa shape index (κ1) is 24.0. The van der Waals surface area contributed by atoms with Crippen molar-refractivity contribution in [3.8, 4) is 28.8 Å². The summed E-state index contributed by atoms with van der Waals surface area (Å²) in [6.45, 7) is 0.467. The average Bonchev–Trinajstić information content (AvgIpc) is 3.16. The number of nitrogens with zero attached hydrogens (tertiary/aromatic N) is 5. The first-order valence-electron chi connectivity index (χ1n) is 10.6. The van der Waals surface area contributed by atoms with Crippen molar-refractivity contribution in [2.45, 2.75) is 0 Å². The number of hydrogen-bond donors (Lipinski definition) is 1. The Morgan fingerprint density at radius 1 is 1.29 bits per heavy atom. The molecule has 2 aromatic heterocycles. The van der Waals surface area contributed by atoms with Crippen LogP contribution in [0.3, 0.4) is 0 Å². The third-order valence-electron chi connectivity index (χ3n) is 5.28. The number of benzene rings is 2. The van der Waals surface area contributed by atoms with Gasteiger partial charge in [0.1, 0.15) is 11.3 Å². The van der Waals surface area contributed by atoms with Gasteiger partial charge in [0.05, 0.1) is 41.2 Å². The van der Waals surface area contributed by atoms with Crippen LogP contribution in [0.5, 0.6) is 5.75 Å². The SMILES string of the molecule is COc1cc(C#CCN(C)C)c([N+](=O)[O-])cc1Nc1ncc(Cl)c(-c2cn(C)c3ccccc23)n1. The molecule has 0 saturated heterocycles. The van der Waals surface area contributed by atoms with Crippen molar-refractivity contribution < 1.29 is 9.66 Å². The number of anilines is 2. The van der Waals surface area contributed by atoms with E-state index in [0.29, 0.717) is 28.7 Å². The van der Waals surface area contributed by atoms with Gasteiger partial charge in [-0.25, -0.2) is 9.97 Å². The number of aromatic nitrogens is 3. The summed E-state index contributed by atoms with van der Waals surface area (Å²) in [6.07, 6.45) is 3.45. The third kappa shape index (κ3) is 5.04. The second kappa shape index (κ2) is 10.0. The summed E-state index contributed by atoms with van der Waals surface area (Å²) >= 11 is 6.47. The van der Waals surface area contributed by atoms with Crippen molar-refractivity contribution in [2.24, 2.45) is 7.05 Å². The van der Waals surface area contributed by atoms with Crippen molar-refractivity contribution in [3.05, 3.63) is 69.5 Å². The molecule has 35 heavy (non-hydrogen) atoms. The van der Waals surface area contributed by atoms with Gasteiger partial charge in [-0.3, -0.25) is 15.0 Å². The average molecular weight is 491 g/mol. The van der Waals surface area contributed by atoms with Crippen molar-refractivity contribution in [3.63, 3.8) is 0 Å². The van der Waals surface area contributed by atoms with Gasteiger partial charge in [0.15, 0.2) is 0 Å². The molecule has 1 N–H and O–H groups in total. The van der Waals surface area contributed by atoms with Gasteiger partial charge in [0, 0.05) is 41.8 Å². The van der Waals surface area contributed by atoms with E-state index in [9.17, 15) is 10.1 Å². The molecule has 0 fully saturated rings. The van der Waals surface area contributed by atoms with Gasteiger partial charge in [-0.1, -0.05) is 41.6 Å². The molecule has 0 aliphatic heterocycles. The zero-order valence-corrected chi connectivity index (χ0v) is 20.4. The summed E-state index contributed by atoms with van der Waals surface area (Å²) in [4.78, 5) is 22.0. The Labute approximate surface area is 207 Å². The Morgan fingerprint density at radius 3 is 2.77 bits per heavy atom. The van der Waals surface area contributed by atoms with Crippen LogP contribution in [-0.4, -0.2) is 52.1 Å². The minimum atomic E-state index is -0.478. The second-order valence-corrected chi connectivity index (χ2v) is 8.46. The van der Waals surface area contributed by atoms with E-state index in [1.54, 1.807) is 0 Å². The molecule has 0 aliphatic carbocycles. The Balaban J connectivity index is 1.75. The van der Waals surface area contributed by atoms with E-state index >= 15 is 0 Å². The Kier molecular flexibility index (Phi) is 6.87. The molecule has 0 saturated carbocycles. The number of rotatable bonds is 6. The monoisotopic (exact) mass is 490 g/mol. The van der Waals surface area contributed by atoms with Gasteiger partial charge in [0.2, 0.25) is 5.95 Å². The summed E-state index contributed by atoms with van der Waals surface area (Å²) in [6, 6.07) is 10.8. The van der Waals surface area contributed by atoms with E-state index in [1.165, 1.54) is 25.4 Å². The Hall–Kier alpha value is -4.13. The van der Waals surface area contributed by atoms with Crippen LogP contribution in [0.4, 0.5) is 17.3 Å². The molecule has 10 heteroatoms. The molecule has 4 rings (SSSR count). The van der Waals surface area contributed by atoms with Crippen LogP contribution in [0.1, 0.15) is 5.56 Å². The number of nitro benzene ring substituents is 1. The molecule has 2 aromatic carbocycles.